The van der Waals surface area contributed by atoms with Crippen LogP contribution in [0.2, 0.25) is 0 Å². The van der Waals surface area contributed by atoms with Gasteiger partial charge in [-0.25, -0.2) is 0 Å². The maximum atomic E-state index is 12.3. The van der Waals surface area contributed by atoms with Crippen LogP contribution in [0.15, 0.2) is 72.6 Å². The van der Waals surface area contributed by atoms with Gasteiger partial charge in [0.2, 0.25) is 0 Å². The number of allylic oxidation sites excluding steroid dienone is 2. The zero-order chi connectivity index (χ0) is 38.8. The number of ketones is 1. The van der Waals surface area contributed by atoms with Crippen molar-refractivity contribution in [3.8, 4) is 11.3 Å². The van der Waals surface area contributed by atoms with E-state index in [9.17, 15) is 9.90 Å². The number of carbonyl (C=O) groups excluding carboxylic acids is 1. The molecule has 1 N–H and O–H groups in total. The number of aliphatic hydroxyl groups excluding tert-OH is 1. The zero-order valence-electron chi connectivity index (χ0n) is 34.6. The van der Waals surface area contributed by atoms with Crippen molar-refractivity contribution in [1.82, 2.24) is 0 Å². The average molecular weight is 911 g/mol. The Labute approximate surface area is 338 Å². The topological polar surface area (TPSA) is 41.2 Å². The molecular formula is C48H64IrNO2S-. The van der Waals surface area contributed by atoms with Crippen molar-refractivity contribution in [3.63, 3.8) is 0 Å². The quantitative estimate of drug-likeness (QED) is 0.0656. The summed E-state index contributed by atoms with van der Waals surface area (Å²) in [4.78, 5) is 12.3. The van der Waals surface area contributed by atoms with Crippen LogP contribution in [0.25, 0.3) is 42.2 Å². The third-order valence-corrected chi connectivity index (χ3v) is 11.7. The fourth-order valence-corrected chi connectivity index (χ4v) is 9.66. The molecule has 0 bridgehead atoms. The molecule has 0 saturated heterocycles. The number of fused-ring (bicyclic) bond motifs is 4. The number of rotatable bonds is 10. The second-order valence-corrected chi connectivity index (χ2v) is 18.6. The summed E-state index contributed by atoms with van der Waals surface area (Å²) in [5.41, 5.74) is 6.21. The Hall–Kier alpha value is -3.11. The molecule has 0 unspecified atom stereocenters. The summed E-state index contributed by atoms with van der Waals surface area (Å²) in [5, 5.41) is 15.4. The summed E-state index contributed by atoms with van der Waals surface area (Å²) < 4.78 is 4.72. The Morgan fingerprint density at radius 3 is 1.83 bits per heavy atom. The molecule has 5 rings (SSSR count). The molecule has 1 radical (unpaired) electrons. The predicted molar refractivity (Wildman–Crippen MR) is 227 cm³/mol. The molecule has 0 amide bonds. The van der Waals surface area contributed by atoms with Crippen molar-refractivity contribution in [3.05, 3.63) is 103 Å². The van der Waals surface area contributed by atoms with Crippen LogP contribution in [0.4, 0.5) is 0 Å². The van der Waals surface area contributed by atoms with Crippen LogP contribution in [0.1, 0.15) is 107 Å². The van der Waals surface area contributed by atoms with E-state index in [-0.39, 0.29) is 48.9 Å². The van der Waals surface area contributed by atoms with Gasteiger partial charge < -0.3 is 9.67 Å². The number of hydrogen-bond acceptors (Lipinski definition) is 3. The standard InChI is InChI=1S/C31H32NS.C17H32O2.Ir/c1-19(2)17-21-11-10-14-24-25-15-16-32(7)28(30(25)33-29(21)24)26-18-27(31(4,5)6)23-13-9-8-12-22(23)20(26)3;1-10(2)16(11(3)4)14(18)9-15(19)17(12(5)6)13(7)8;/h8-16,18-19H,3,7,17H2,1-2,4-6H3;9-13,16-18H,1-8H3;/q-1;;/b;14-9-;. The van der Waals surface area contributed by atoms with Crippen molar-refractivity contribution in [2.45, 2.75) is 102 Å². The Morgan fingerprint density at radius 2 is 1.30 bits per heavy atom. The maximum absolute atomic E-state index is 12.3. The Balaban J connectivity index is 0.000000327. The van der Waals surface area contributed by atoms with E-state index in [0.717, 1.165) is 17.7 Å². The molecule has 2 heterocycles. The number of aliphatic hydroxyl groups is 1. The molecule has 0 atom stereocenters. The number of pyridine rings is 1. The SMILES string of the molecule is CC(C)C(C(=O)/C=C(\O)C(C(C)C)C(C)C)C(C)C.[CH2-]c1c(-c2c3sc4c(CC(C)C)cccc4c3cc[n+]2[CH2-])cc(C(C)(C)C)c2ccccc12.[Ir]. The van der Waals surface area contributed by atoms with Crippen molar-refractivity contribution in [2.75, 3.05) is 0 Å². The van der Waals surface area contributed by atoms with Gasteiger partial charge in [0, 0.05) is 54.5 Å². The molecule has 5 aromatic rings. The number of aromatic nitrogens is 1. The summed E-state index contributed by atoms with van der Waals surface area (Å²) in [6, 6.07) is 20.0. The van der Waals surface area contributed by atoms with Crippen LogP contribution in [0, 0.1) is 55.4 Å². The molecule has 5 heteroatoms. The van der Waals surface area contributed by atoms with E-state index in [0.29, 0.717) is 29.6 Å². The van der Waals surface area contributed by atoms with Gasteiger partial charge in [0.15, 0.2) is 5.78 Å². The van der Waals surface area contributed by atoms with Crippen molar-refractivity contribution >= 4 is 48.1 Å². The first-order chi connectivity index (χ1) is 24.3. The van der Waals surface area contributed by atoms with Gasteiger partial charge in [0.25, 0.3) is 0 Å². The van der Waals surface area contributed by atoms with Crippen LogP contribution in [-0.4, -0.2) is 10.9 Å². The van der Waals surface area contributed by atoms with Crippen LogP contribution < -0.4 is 4.57 Å². The van der Waals surface area contributed by atoms with E-state index in [1.807, 2.05) is 15.9 Å². The summed E-state index contributed by atoms with van der Waals surface area (Å²) in [6.45, 7) is 32.6. The fraction of sp³-hybridized carbons (Fsp3) is 0.458. The summed E-state index contributed by atoms with van der Waals surface area (Å²) >= 11 is 1.90. The van der Waals surface area contributed by atoms with E-state index in [4.69, 9.17) is 0 Å². The summed E-state index contributed by atoms with van der Waals surface area (Å²) in [5.74, 6) is 2.25. The minimum atomic E-state index is -0.0119. The normalized spacial score (nSPS) is 12.6. The Morgan fingerprint density at radius 1 is 0.774 bits per heavy atom. The minimum absolute atomic E-state index is 0. The molecular weight excluding hydrogens is 847 g/mol. The molecule has 0 fully saturated rings. The van der Waals surface area contributed by atoms with E-state index < -0.39 is 0 Å². The van der Waals surface area contributed by atoms with Crippen molar-refractivity contribution < 1.29 is 34.6 Å². The zero-order valence-corrected chi connectivity index (χ0v) is 37.8. The summed E-state index contributed by atoms with van der Waals surface area (Å²) in [7, 11) is 4.40. The first-order valence-electron chi connectivity index (χ1n) is 19.3. The van der Waals surface area contributed by atoms with E-state index >= 15 is 0 Å². The smallest absolute Gasteiger partial charge is 0.162 e. The predicted octanol–water partition coefficient (Wildman–Crippen LogP) is 13.3. The van der Waals surface area contributed by atoms with Crippen LogP contribution in [0.3, 0.4) is 0 Å². The molecule has 3 aromatic carbocycles. The van der Waals surface area contributed by atoms with Gasteiger partial charge in [-0.05, 0) is 63.8 Å². The number of carbonyl (C=O) groups is 1. The Bertz CT molecular complexity index is 2040. The molecule has 0 aliphatic carbocycles. The van der Waals surface area contributed by atoms with Gasteiger partial charge in [-0.1, -0.05) is 137 Å². The van der Waals surface area contributed by atoms with E-state index in [1.54, 1.807) is 0 Å². The molecule has 0 aliphatic rings. The first-order valence-corrected chi connectivity index (χ1v) is 20.1. The minimum Gasteiger partial charge on any atom is -0.512 e. The maximum Gasteiger partial charge on any atom is 0.162 e. The molecule has 2 aromatic heterocycles. The third kappa shape index (κ3) is 9.77. The Kier molecular flexibility index (Phi) is 15.1. The largest absolute Gasteiger partial charge is 0.512 e. The number of hydrogen-bond donors (Lipinski definition) is 1. The molecule has 53 heavy (non-hydrogen) atoms. The van der Waals surface area contributed by atoms with Crippen LogP contribution in [-0.2, 0) is 36.7 Å². The second-order valence-electron chi connectivity index (χ2n) is 17.6. The van der Waals surface area contributed by atoms with Crippen molar-refractivity contribution in [1.29, 1.82) is 0 Å². The van der Waals surface area contributed by atoms with Crippen molar-refractivity contribution in [2.24, 2.45) is 41.4 Å². The van der Waals surface area contributed by atoms with E-state index in [1.165, 1.54) is 53.7 Å². The summed E-state index contributed by atoms with van der Waals surface area (Å²) in [6.07, 6.45) is 4.67. The fourth-order valence-electron chi connectivity index (χ4n) is 8.27. The monoisotopic (exact) mass is 911 g/mol. The van der Waals surface area contributed by atoms with Gasteiger partial charge >= 0.3 is 0 Å². The number of thiophene rings is 1. The third-order valence-electron chi connectivity index (χ3n) is 10.4. The van der Waals surface area contributed by atoms with Gasteiger partial charge in [-0.2, -0.15) is 12.5 Å². The van der Waals surface area contributed by atoms with E-state index in [2.05, 4.69) is 165 Å². The molecule has 3 nitrogen and oxygen atoms in total. The average Bonchev–Trinajstić information content (AvgIpc) is 3.40. The van der Waals surface area contributed by atoms with Gasteiger partial charge in [-0.15, -0.1) is 34.4 Å². The van der Waals surface area contributed by atoms with Crippen LogP contribution in [0.5, 0.6) is 0 Å². The number of nitrogens with zero attached hydrogens (tertiary/aromatic N) is 1. The van der Waals surface area contributed by atoms with Gasteiger partial charge in [-0.3, -0.25) is 4.79 Å². The van der Waals surface area contributed by atoms with Crippen LogP contribution >= 0.6 is 11.3 Å². The first kappa shape index (κ1) is 44.3. The molecule has 289 valence electrons. The van der Waals surface area contributed by atoms with Gasteiger partial charge in [0.05, 0.1) is 17.6 Å². The number of benzene rings is 3. The molecule has 0 spiro atoms. The second kappa shape index (κ2) is 18.0. The molecule has 0 saturated carbocycles. The van der Waals surface area contributed by atoms with Gasteiger partial charge in [0.1, 0.15) is 0 Å². The molecule has 0 aliphatic heterocycles.